The summed E-state index contributed by atoms with van der Waals surface area (Å²) in [5.41, 5.74) is -0.381. The minimum atomic E-state index is -2.97. The van der Waals surface area contributed by atoms with Crippen LogP contribution in [0.25, 0.3) is 11.1 Å². The van der Waals surface area contributed by atoms with Crippen LogP contribution in [0, 0.1) is 0 Å². The molecule has 0 amide bonds. The first-order valence-electron chi connectivity index (χ1n) is 17.9. The normalized spacial score (nSPS) is 13.2. The Hall–Kier alpha value is -4.89. The number of fused-ring (bicyclic) bond motifs is 3. The molecule has 1 aliphatic rings. The molecule has 9 rings (SSSR count). The van der Waals surface area contributed by atoms with Gasteiger partial charge >= 0.3 is 314 Å². The number of hydrogen-bond donors (Lipinski definition) is 0. The van der Waals surface area contributed by atoms with Gasteiger partial charge in [0.25, 0.3) is 0 Å². The van der Waals surface area contributed by atoms with Gasteiger partial charge in [-0.3, -0.25) is 0 Å². The van der Waals surface area contributed by atoms with Crippen molar-refractivity contribution in [2.24, 2.45) is 0 Å². The van der Waals surface area contributed by atoms with Crippen LogP contribution in [-0.2, 0) is 14.5 Å². The Morgan fingerprint density at radius 1 is 0.212 bits per heavy atom. The van der Waals surface area contributed by atoms with Gasteiger partial charge in [-0.05, 0) is 0 Å². The zero-order valence-corrected chi connectivity index (χ0v) is 32.5. The van der Waals surface area contributed by atoms with Crippen molar-refractivity contribution in [1.82, 2.24) is 0 Å². The van der Waals surface area contributed by atoms with Gasteiger partial charge in [-0.2, -0.15) is 0 Å². The summed E-state index contributed by atoms with van der Waals surface area (Å²) in [4.78, 5) is 0. The van der Waals surface area contributed by atoms with Crippen LogP contribution in [0.15, 0.2) is 231 Å². The van der Waals surface area contributed by atoms with Crippen LogP contribution >= 0.6 is 11.2 Å². The summed E-state index contributed by atoms with van der Waals surface area (Å²) < 4.78 is 1.61. The summed E-state index contributed by atoms with van der Waals surface area (Å²) in [7, 11) is 0. The van der Waals surface area contributed by atoms with Crippen LogP contribution in [0.3, 0.4) is 0 Å². The van der Waals surface area contributed by atoms with Crippen molar-refractivity contribution < 1.29 is 14.5 Å². The summed E-state index contributed by atoms with van der Waals surface area (Å²) in [6, 6.07) is 88.8. The van der Waals surface area contributed by atoms with Gasteiger partial charge in [-0.25, -0.2) is 0 Å². The Morgan fingerprint density at radius 3 is 0.635 bits per heavy atom. The Labute approximate surface area is 312 Å². The SMILES string of the molecule is c1ccc([PH](c2ccccc2)(c2ccccc2)[Ru](=[C]2c3ccccc3-c3ccccc32)[PH](c2ccccc2)(c2ccccc2)c2ccccc2)cc1. The molecule has 0 saturated carbocycles. The molecule has 0 unspecified atom stereocenters. The molecule has 0 radical (unpaired) electrons. The molecule has 0 nitrogen and oxygen atoms in total. The summed E-state index contributed by atoms with van der Waals surface area (Å²) in [5.74, 6) is 0. The second-order valence-corrected chi connectivity index (χ2v) is 35.4. The van der Waals surface area contributed by atoms with E-state index >= 15 is 0 Å². The maximum atomic E-state index is 2.47. The molecule has 254 valence electrons. The van der Waals surface area contributed by atoms with E-state index < -0.39 is 25.7 Å². The average molecular weight is 792 g/mol. The Balaban J connectivity index is 1.65. The minimum absolute atomic E-state index is 1.36. The van der Waals surface area contributed by atoms with Crippen molar-refractivity contribution in [1.29, 1.82) is 0 Å². The fourth-order valence-corrected chi connectivity index (χ4v) is 59.2. The van der Waals surface area contributed by atoms with Crippen LogP contribution < -0.4 is 31.8 Å². The van der Waals surface area contributed by atoms with Crippen LogP contribution in [0.5, 0.6) is 0 Å². The van der Waals surface area contributed by atoms with Crippen molar-refractivity contribution in [3.8, 4) is 11.1 Å². The molecular formula is C49H40P2Ru. The summed E-state index contributed by atoms with van der Waals surface area (Å²) in [6.45, 7) is 0. The van der Waals surface area contributed by atoms with E-state index in [1.807, 2.05) is 0 Å². The topological polar surface area (TPSA) is 0 Å². The average Bonchev–Trinajstić information content (AvgIpc) is 3.57. The molecule has 0 N–H and O–H groups in total. The zero-order valence-electron chi connectivity index (χ0n) is 28.8. The van der Waals surface area contributed by atoms with Gasteiger partial charge in [-0.1, -0.05) is 0 Å². The van der Waals surface area contributed by atoms with Gasteiger partial charge in [-0.15, -0.1) is 0 Å². The second kappa shape index (κ2) is 14.3. The van der Waals surface area contributed by atoms with Gasteiger partial charge < -0.3 is 0 Å². The van der Waals surface area contributed by atoms with E-state index in [1.165, 1.54) is 54.1 Å². The van der Waals surface area contributed by atoms with Crippen LogP contribution in [0.4, 0.5) is 0 Å². The van der Waals surface area contributed by atoms with Gasteiger partial charge in [0.1, 0.15) is 0 Å². The molecular weight excluding hydrogens is 752 g/mol. The third-order valence-electron chi connectivity index (χ3n) is 10.3. The van der Waals surface area contributed by atoms with Crippen LogP contribution in [0.2, 0.25) is 0 Å². The van der Waals surface area contributed by atoms with E-state index in [-0.39, 0.29) is 0 Å². The van der Waals surface area contributed by atoms with Crippen LogP contribution in [0.1, 0.15) is 11.1 Å². The first-order chi connectivity index (χ1) is 25.8. The number of rotatable bonds is 8. The Bertz CT molecular complexity index is 2110. The van der Waals surface area contributed by atoms with Gasteiger partial charge in [0.2, 0.25) is 0 Å². The standard InChI is InChI=1S/2C18H15P.C13H8.Ru/c2*1-4-10-16(11-5-1)19(17-12-6-2-7-13-17)18-14-8-3-9-15-18;1-3-7-12-10(5-1)9-11-6-2-4-8-13(11)12;/h2*1-15H;1-8H;/q;;;-2/p+2. The molecule has 0 saturated heterocycles. The van der Waals surface area contributed by atoms with Crippen molar-refractivity contribution in [3.63, 3.8) is 0 Å². The van der Waals surface area contributed by atoms with E-state index in [1.54, 1.807) is 4.11 Å². The van der Waals surface area contributed by atoms with Crippen molar-refractivity contribution in [2.75, 3.05) is 0 Å². The molecule has 0 aliphatic heterocycles. The van der Waals surface area contributed by atoms with E-state index in [0.29, 0.717) is 0 Å². The predicted octanol–water partition coefficient (Wildman–Crippen LogP) is 9.14. The number of hydrogen-bond acceptors (Lipinski definition) is 0. The van der Waals surface area contributed by atoms with Crippen molar-refractivity contribution in [2.45, 2.75) is 0 Å². The van der Waals surface area contributed by atoms with Gasteiger partial charge in [0.15, 0.2) is 0 Å². The van der Waals surface area contributed by atoms with Gasteiger partial charge in [0, 0.05) is 0 Å². The second-order valence-electron chi connectivity index (χ2n) is 13.1. The molecule has 8 aromatic carbocycles. The molecule has 0 aromatic heterocycles. The molecule has 8 aromatic rings. The zero-order chi connectivity index (χ0) is 34.8. The van der Waals surface area contributed by atoms with Crippen molar-refractivity contribution >= 4 is 47.1 Å². The molecule has 0 spiro atoms. The summed E-state index contributed by atoms with van der Waals surface area (Å²) in [6.07, 6.45) is 0. The molecule has 0 bridgehead atoms. The first kappa shape index (κ1) is 33.0. The van der Waals surface area contributed by atoms with Crippen LogP contribution in [-0.4, -0.2) is 4.11 Å². The Morgan fingerprint density at radius 2 is 0.404 bits per heavy atom. The molecule has 52 heavy (non-hydrogen) atoms. The van der Waals surface area contributed by atoms with E-state index in [2.05, 4.69) is 231 Å². The quantitative estimate of drug-likeness (QED) is 0.107. The van der Waals surface area contributed by atoms with E-state index in [4.69, 9.17) is 0 Å². The van der Waals surface area contributed by atoms with E-state index in [9.17, 15) is 0 Å². The third-order valence-corrected chi connectivity index (χ3v) is 48.2. The van der Waals surface area contributed by atoms with E-state index in [0.717, 1.165) is 0 Å². The molecule has 1 aliphatic carbocycles. The Kier molecular flexibility index (Phi) is 9.05. The summed E-state index contributed by atoms with van der Waals surface area (Å²) >= 11 is -2.51. The van der Waals surface area contributed by atoms with Gasteiger partial charge in [0.05, 0.1) is 0 Å². The molecule has 0 fully saturated rings. The predicted molar refractivity (Wildman–Crippen MR) is 228 cm³/mol. The first-order valence-corrected chi connectivity index (χ1v) is 27.7. The third kappa shape index (κ3) is 5.27. The van der Waals surface area contributed by atoms with Crippen molar-refractivity contribution in [3.05, 3.63) is 242 Å². The molecule has 0 atom stereocenters. The fraction of sp³-hybridized carbons (Fsp3) is 0. The molecule has 3 heteroatoms. The number of benzene rings is 8. The molecule has 0 heterocycles. The maximum absolute atomic E-state index is 2.97. The fourth-order valence-electron chi connectivity index (χ4n) is 8.20. The monoisotopic (exact) mass is 792 g/mol. The summed E-state index contributed by atoms with van der Waals surface area (Å²) in [5, 5.41) is 8.92.